The quantitative estimate of drug-likeness (QED) is 0.160. The van der Waals surface area contributed by atoms with Crippen molar-refractivity contribution in [2.24, 2.45) is 0 Å². The fourth-order valence-corrected chi connectivity index (χ4v) is 10.1. The molecule has 1 aliphatic rings. The standard InChI is InChI=1S/C59H39NO/c1-4-17-41(18-5-1)49-34-31-42(48-28-16-20-40-19-10-11-25-47(40)48)37-56(49)60(45-33-36-58-53(38-45)52-27-13-15-30-57(52)61-58)46-32-35-51-50-26-12-14-29-54(50)59(55(51)39-46,43-21-6-2-7-22-43)44-23-8-3-9-24-44/h1-39H. The number of nitrogens with zero attached hydrogens (tertiary/aromatic N) is 1. The first-order valence-corrected chi connectivity index (χ1v) is 21.0. The van der Waals surface area contributed by atoms with Crippen LogP contribution in [0, 0.1) is 0 Å². The lowest BCUT2D eigenvalue weighted by Crippen LogP contribution is -2.28. The molecule has 286 valence electrons. The molecule has 0 fully saturated rings. The van der Waals surface area contributed by atoms with Crippen LogP contribution in [-0.4, -0.2) is 0 Å². The molecule has 11 aromatic rings. The van der Waals surface area contributed by atoms with Crippen LogP contribution in [0.25, 0.3) is 66.1 Å². The van der Waals surface area contributed by atoms with E-state index in [2.05, 4.69) is 235 Å². The monoisotopic (exact) mass is 777 g/mol. The Morgan fingerprint density at radius 3 is 1.70 bits per heavy atom. The molecule has 0 unspecified atom stereocenters. The highest BCUT2D eigenvalue weighted by Crippen LogP contribution is 2.57. The summed E-state index contributed by atoms with van der Waals surface area (Å²) in [6, 6.07) is 86.3. The van der Waals surface area contributed by atoms with E-state index in [1.807, 2.05) is 6.07 Å². The van der Waals surface area contributed by atoms with E-state index >= 15 is 0 Å². The minimum absolute atomic E-state index is 0.548. The van der Waals surface area contributed by atoms with Crippen LogP contribution in [0.15, 0.2) is 241 Å². The van der Waals surface area contributed by atoms with Gasteiger partial charge in [0.15, 0.2) is 0 Å². The molecule has 2 nitrogen and oxygen atoms in total. The average Bonchev–Trinajstić information content (AvgIpc) is 3.85. The van der Waals surface area contributed by atoms with Crippen LogP contribution in [0.5, 0.6) is 0 Å². The van der Waals surface area contributed by atoms with Crippen LogP contribution in [0.1, 0.15) is 22.3 Å². The summed E-state index contributed by atoms with van der Waals surface area (Å²) in [5, 5.41) is 4.64. The van der Waals surface area contributed by atoms with Crippen LogP contribution >= 0.6 is 0 Å². The first-order valence-electron chi connectivity index (χ1n) is 21.0. The second-order valence-corrected chi connectivity index (χ2v) is 16.0. The minimum Gasteiger partial charge on any atom is -0.456 e. The van der Waals surface area contributed by atoms with E-state index in [4.69, 9.17) is 4.42 Å². The van der Waals surface area contributed by atoms with Gasteiger partial charge < -0.3 is 9.32 Å². The van der Waals surface area contributed by atoms with Crippen molar-refractivity contribution < 1.29 is 4.42 Å². The van der Waals surface area contributed by atoms with Gasteiger partial charge in [-0.2, -0.15) is 0 Å². The number of benzene rings is 10. The molecule has 1 aliphatic carbocycles. The fraction of sp³-hybridized carbons (Fsp3) is 0.0169. The summed E-state index contributed by atoms with van der Waals surface area (Å²) in [6.07, 6.45) is 0. The Kier molecular flexibility index (Phi) is 8.11. The molecule has 1 heterocycles. The van der Waals surface area contributed by atoms with E-state index in [9.17, 15) is 0 Å². The molecule has 12 rings (SSSR count). The van der Waals surface area contributed by atoms with Gasteiger partial charge >= 0.3 is 0 Å². The second-order valence-electron chi connectivity index (χ2n) is 16.0. The summed E-state index contributed by atoms with van der Waals surface area (Å²) < 4.78 is 6.41. The molecule has 0 bridgehead atoms. The lowest BCUT2D eigenvalue weighted by molar-refractivity contribution is 0.669. The van der Waals surface area contributed by atoms with Gasteiger partial charge in [-0.1, -0.05) is 194 Å². The van der Waals surface area contributed by atoms with Crippen molar-refractivity contribution in [3.63, 3.8) is 0 Å². The Morgan fingerprint density at radius 2 is 0.902 bits per heavy atom. The number of furan rings is 1. The van der Waals surface area contributed by atoms with Crippen LogP contribution in [0.3, 0.4) is 0 Å². The smallest absolute Gasteiger partial charge is 0.135 e. The molecule has 0 saturated carbocycles. The van der Waals surface area contributed by atoms with Crippen LogP contribution in [-0.2, 0) is 5.41 Å². The molecule has 61 heavy (non-hydrogen) atoms. The molecule has 0 spiro atoms. The van der Waals surface area contributed by atoms with Crippen LogP contribution < -0.4 is 4.90 Å². The molecule has 0 amide bonds. The Labute approximate surface area is 355 Å². The third-order valence-corrected chi connectivity index (χ3v) is 12.7. The summed E-state index contributed by atoms with van der Waals surface area (Å²) in [4.78, 5) is 2.47. The third kappa shape index (κ3) is 5.50. The molecule has 0 radical (unpaired) electrons. The Morgan fingerprint density at radius 1 is 0.328 bits per heavy atom. The van der Waals surface area contributed by atoms with Gasteiger partial charge in [0.05, 0.1) is 11.1 Å². The zero-order chi connectivity index (χ0) is 40.3. The molecular weight excluding hydrogens is 739 g/mol. The van der Waals surface area contributed by atoms with Crippen molar-refractivity contribution in [1.82, 2.24) is 0 Å². The zero-order valence-electron chi connectivity index (χ0n) is 33.4. The van der Waals surface area contributed by atoms with E-state index in [1.54, 1.807) is 0 Å². The Hall–Kier alpha value is -7.94. The highest BCUT2D eigenvalue weighted by atomic mass is 16.3. The van der Waals surface area contributed by atoms with E-state index in [0.29, 0.717) is 0 Å². The van der Waals surface area contributed by atoms with Gasteiger partial charge in [0, 0.05) is 27.7 Å². The molecule has 0 aliphatic heterocycles. The van der Waals surface area contributed by atoms with Crippen molar-refractivity contribution in [3.8, 4) is 33.4 Å². The molecule has 1 aromatic heterocycles. The van der Waals surface area contributed by atoms with E-state index in [-0.39, 0.29) is 0 Å². The van der Waals surface area contributed by atoms with Gasteiger partial charge in [-0.25, -0.2) is 0 Å². The lowest BCUT2D eigenvalue weighted by atomic mass is 9.67. The van der Waals surface area contributed by atoms with E-state index in [0.717, 1.165) is 55.7 Å². The average molecular weight is 778 g/mol. The highest BCUT2D eigenvalue weighted by molar-refractivity contribution is 6.07. The number of hydrogen-bond donors (Lipinski definition) is 0. The Balaban J connectivity index is 1.18. The number of para-hydroxylation sites is 1. The van der Waals surface area contributed by atoms with Crippen molar-refractivity contribution in [2.45, 2.75) is 5.41 Å². The molecule has 10 aromatic carbocycles. The predicted molar refractivity (Wildman–Crippen MR) is 254 cm³/mol. The van der Waals surface area contributed by atoms with Gasteiger partial charge in [0.25, 0.3) is 0 Å². The van der Waals surface area contributed by atoms with Gasteiger partial charge in [-0.15, -0.1) is 0 Å². The van der Waals surface area contributed by atoms with Crippen LogP contribution in [0.2, 0.25) is 0 Å². The van der Waals surface area contributed by atoms with Crippen molar-refractivity contribution in [2.75, 3.05) is 4.90 Å². The maximum absolute atomic E-state index is 6.41. The number of rotatable bonds is 7. The molecule has 0 N–H and O–H groups in total. The first-order chi connectivity index (χ1) is 30.3. The lowest BCUT2D eigenvalue weighted by Gasteiger charge is -2.35. The van der Waals surface area contributed by atoms with Gasteiger partial charge in [-0.05, 0) is 103 Å². The number of fused-ring (bicyclic) bond motifs is 7. The van der Waals surface area contributed by atoms with Gasteiger partial charge in [0.2, 0.25) is 0 Å². The summed E-state index contributed by atoms with van der Waals surface area (Å²) in [6.45, 7) is 0. The normalized spacial score (nSPS) is 12.7. The molecule has 0 saturated heterocycles. The number of hydrogen-bond acceptors (Lipinski definition) is 2. The van der Waals surface area contributed by atoms with Gasteiger partial charge in [0.1, 0.15) is 11.2 Å². The number of anilines is 3. The SMILES string of the molecule is c1ccc(-c2ccc(-c3cccc4ccccc34)cc2N(c2ccc3c(c2)C(c2ccccc2)(c2ccccc2)c2ccccc2-3)c2ccc3oc4ccccc4c3c2)cc1. The van der Waals surface area contributed by atoms with Crippen molar-refractivity contribution in [3.05, 3.63) is 259 Å². The molecule has 2 heteroatoms. The fourth-order valence-electron chi connectivity index (χ4n) is 10.1. The van der Waals surface area contributed by atoms with E-state index in [1.165, 1.54) is 49.7 Å². The van der Waals surface area contributed by atoms with Gasteiger partial charge in [-0.3, -0.25) is 0 Å². The largest absolute Gasteiger partial charge is 0.456 e. The minimum atomic E-state index is -0.548. The first kappa shape index (κ1) is 35.0. The Bertz CT molecular complexity index is 3380. The predicted octanol–water partition coefficient (Wildman–Crippen LogP) is 15.9. The van der Waals surface area contributed by atoms with Crippen LogP contribution in [0.4, 0.5) is 17.1 Å². The molecule has 0 atom stereocenters. The third-order valence-electron chi connectivity index (χ3n) is 12.7. The topological polar surface area (TPSA) is 16.4 Å². The van der Waals surface area contributed by atoms with Crippen molar-refractivity contribution in [1.29, 1.82) is 0 Å². The second kappa shape index (κ2) is 14.1. The summed E-state index contributed by atoms with van der Waals surface area (Å²) in [5.74, 6) is 0. The maximum atomic E-state index is 6.41. The van der Waals surface area contributed by atoms with E-state index < -0.39 is 5.41 Å². The van der Waals surface area contributed by atoms with Crippen molar-refractivity contribution >= 4 is 49.8 Å². The highest BCUT2D eigenvalue weighted by Gasteiger charge is 2.46. The molecular formula is C59H39NO. The maximum Gasteiger partial charge on any atom is 0.135 e. The summed E-state index contributed by atoms with van der Waals surface area (Å²) in [7, 11) is 0. The zero-order valence-corrected chi connectivity index (χ0v) is 33.4. The summed E-state index contributed by atoms with van der Waals surface area (Å²) in [5.41, 5.74) is 16.6. The summed E-state index contributed by atoms with van der Waals surface area (Å²) >= 11 is 0.